The topological polar surface area (TPSA) is 109 Å². The van der Waals surface area contributed by atoms with Gasteiger partial charge in [-0.2, -0.15) is 4.98 Å². The van der Waals surface area contributed by atoms with Gasteiger partial charge in [-0.25, -0.2) is 9.78 Å². The van der Waals surface area contributed by atoms with E-state index >= 15 is 0 Å². The summed E-state index contributed by atoms with van der Waals surface area (Å²) in [5.74, 6) is 1.18. The summed E-state index contributed by atoms with van der Waals surface area (Å²) in [4.78, 5) is 39.4. The number of nitrogens with zero attached hydrogens (tertiary/aromatic N) is 5. The lowest BCUT2D eigenvalue weighted by Crippen LogP contribution is -2.46. The Labute approximate surface area is 213 Å². The Morgan fingerprint density at radius 3 is 2.72 bits per heavy atom. The van der Waals surface area contributed by atoms with Gasteiger partial charge in [-0.3, -0.25) is 9.69 Å². The second-order valence-corrected chi connectivity index (χ2v) is 10.2. The van der Waals surface area contributed by atoms with Crippen LogP contribution < -0.4 is 21.6 Å². The second kappa shape index (κ2) is 10.1. The molecule has 1 fully saturated rings. The van der Waals surface area contributed by atoms with Gasteiger partial charge in [-0.15, -0.1) is 11.3 Å². The van der Waals surface area contributed by atoms with Gasteiger partial charge in [0, 0.05) is 69.0 Å². The fraction of sp³-hybridized carbons (Fsp3) is 0.308. The molecule has 5 rings (SSSR count). The molecule has 1 saturated heterocycles. The predicted molar refractivity (Wildman–Crippen MR) is 143 cm³/mol. The zero-order valence-corrected chi connectivity index (χ0v) is 21.2. The minimum Gasteiger partial charge on any atom is -0.383 e. The number of aryl methyl sites for hydroxylation is 2. The molecule has 36 heavy (non-hydrogen) atoms. The molecular weight excluding hydrogens is 474 g/mol. The SMILES string of the molecule is Cc1cc(C(=O)NCc2ccc3c(N)nccc3c2)sc1CN1CCN(c2ccn(C)c(=O)n2)CC1. The molecule has 0 radical (unpaired) electrons. The van der Waals surface area contributed by atoms with Gasteiger partial charge in [0.15, 0.2) is 0 Å². The third-order valence-electron chi connectivity index (χ3n) is 6.58. The molecular formula is C26H29N7O2S. The van der Waals surface area contributed by atoms with Crippen molar-refractivity contribution in [2.75, 3.05) is 36.8 Å². The summed E-state index contributed by atoms with van der Waals surface area (Å²) < 4.78 is 1.48. The van der Waals surface area contributed by atoms with Crippen molar-refractivity contribution in [2.45, 2.75) is 20.0 Å². The highest BCUT2D eigenvalue weighted by Crippen LogP contribution is 2.25. The quantitative estimate of drug-likeness (QED) is 0.416. The molecule has 0 unspecified atom stereocenters. The average molecular weight is 504 g/mol. The van der Waals surface area contributed by atoms with Crippen LogP contribution in [0, 0.1) is 6.92 Å². The summed E-state index contributed by atoms with van der Waals surface area (Å²) in [6, 6.07) is 11.7. The molecule has 3 aromatic heterocycles. The zero-order valence-electron chi connectivity index (χ0n) is 20.4. The molecule has 1 aliphatic heterocycles. The maximum atomic E-state index is 12.9. The number of piperazine rings is 1. The number of rotatable bonds is 6. The number of benzene rings is 1. The van der Waals surface area contributed by atoms with Crippen LogP contribution in [0.25, 0.3) is 10.8 Å². The first-order chi connectivity index (χ1) is 17.4. The van der Waals surface area contributed by atoms with Gasteiger partial charge in [0.25, 0.3) is 5.91 Å². The molecule has 0 atom stereocenters. The van der Waals surface area contributed by atoms with Gasteiger partial charge in [0.05, 0.1) is 4.88 Å². The first-order valence-electron chi connectivity index (χ1n) is 11.9. The number of thiophene rings is 1. The molecule has 9 nitrogen and oxygen atoms in total. The molecule has 4 heterocycles. The van der Waals surface area contributed by atoms with E-state index in [-0.39, 0.29) is 11.6 Å². The summed E-state index contributed by atoms with van der Waals surface area (Å²) >= 11 is 1.55. The van der Waals surface area contributed by atoms with Crippen molar-refractivity contribution >= 4 is 39.7 Å². The van der Waals surface area contributed by atoms with E-state index in [1.807, 2.05) is 36.4 Å². The van der Waals surface area contributed by atoms with E-state index in [0.29, 0.717) is 12.4 Å². The minimum absolute atomic E-state index is 0.0646. The molecule has 1 aliphatic rings. The van der Waals surface area contributed by atoms with Crippen LogP contribution in [0.5, 0.6) is 0 Å². The standard InChI is InChI=1S/C26H29N7O2S/c1-17-13-21(25(34)29-15-18-3-4-20-19(14-18)5-7-28-24(20)27)36-22(17)16-32-9-11-33(12-10-32)23-6-8-31(2)26(35)30-23/h3-8,13-14H,9-12,15-16H2,1-2H3,(H2,27,28)(H,29,34). The van der Waals surface area contributed by atoms with Crippen LogP contribution in [0.4, 0.5) is 11.6 Å². The van der Waals surface area contributed by atoms with E-state index < -0.39 is 0 Å². The number of aromatic nitrogens is 3. The lowest BCUT2D eigenvalue weighted by atomic mass is 10.1. The number of hydrogen-bond acceptors (Lipinski definition) is 8. The number of hydrogen-bond donors (Lipinski definition) is 2. The largest absolute Gasteiger partial charge is 0.383 e. The maximum Gasteiger partial charge on any atom is 0.349 e. The zero-order chi connectivity index (χ0) is 25.2. The van der Waals surface area contributed by atoms with Crippen LogP contribution in [-0.2, 0) is 20.1 Å². The first kappa shape index (κ1) is 24.0. The van der Waals surface area contributed by atoms with Crippen molar-refractivity contribution < 1.29 is 4.79 Å². The smallest absolute Gasteiger partial charge is 0.349 e. The average Bonchev–Trinajstić information content (AvgIpc) is 3.25. The number of pyridine rings is 1. The molecule has 4 aromatic rings. The summed E-state index contributed by atoms with van der Waals surface area (Å²) in [5.41, 5.74) is 7.84. The third-order valence-corrected chi connectivity index (χ3v) is 7.80. The van der Waals surface area contributed by atoms with E-state index in [0.717, 1.165) is 65.3 Å². The van der Waals surface area contributed by atoms with Crippen LogP contribution in [0.3, 0.4) is 0 Å². The predicted octanol–water partition coefficient (Wildman–Crippen LogP) is 2.53. The minimum atomic E-state index is -0.238. The molecule has 0 bridgehead atoms. The molecule has 0 aliphatic carbocycles. The third kappa shape index (κ3) is 5.09. The Hall–Kier alpha value is -3.76. The number of carbonyl (C=O) groups is 1. The van der Waals surface area contributed by atoms with Crippen LogP contribution in [0.2, 0.25) is 0 Å². The van der Waals surface area contributed by atoms with Crippen molar-refractivity contribution in [3.05, 3.63) is 80.2 Å². The summed E-state index contributed by atoms with van der Waals surface area (Å²) in [7, 11) is 1.70. The van der Waals surface area contributed by atoms with Crippen molar-refractivity contribution in [2.24, 2.45) is 7.05 Å². The van der Waals surface area contributed by atoms with Crippen LogP contribution in [0.1, 0.15) is 25.7 Å². The van der Waals surface area contributed by atoms with Crippen LogP contribution in [0.15, 0.2) is 53.6 Å². The van der Waals surface area contributed by atoms with E-state index in [1.165, 1.54) is 9.44 Å². The van der Waals surface area contributed by atoms with Gasteiger partial charge in [-0.1, -0.05) is 12.1 Å². The number of anilines is 2. The highest BCUT2D eigenvalue weighted by Gasteiger charge is 2.21. The van der Waals surface area contributed by atoms with E-state index in [9.17, 15) is 9.59 Å². The van der Waals surface area contributed by atoms with Crippen LogP contribution >= 0.6 is 11.3 Å². The number of nitrogens with two attached hydrogens (primary N) is 1. The maximum absolute atomic E-state index is 12.9. The van der Waals surface area contributed by atoms with Gasteiger partial charge in [0.2, 0.25) is 0 Å². The van der Waals surface area contributed by atoms with E-state index in [1.54, 1.807) is 30.8 Å². The molecule has 1 amide bonds. The lowest BCUT2D eigenvalue weighted by Gasteiger charge is -2.35. The Bertz CT molecular complexity index is 1470. The molecule has 10 heteroatoms. The van der Waals surface area contributed by atoms with Crippen molar-refractivity contribution in [3.63, 3.8) is 0 Å². The molecule has 3 N–H and O–H groups in total. The molecule has 1 aromatic carbocycles. The highest BCUT2D eigenvalue weighted by molar-refractivity contribution is 7.14. The fourth-order valence-electron chi connectivity index (χ4n) is 4.39. The number of nitrogens with one attached hydrogen (secondary N) is 1. The fourth-order valence-corrected chi connectivity index (χ4v) is 5.52. The lowest BCUT2D eigenvalue weighted by molar-refractivity contribution is 0.0955. The Morgan fingerprint density at radius 2 is 1.94 bits per heavy atom. The molecule has 0 spiro atoms. The van der Waals surface area contributed by atoms with Gasteiger partial charge < -0.3 is 20.5 Å². The Morgan fingerprint density at radius 1 is 1.14 bits per heavy atom. The highest BCUT2D eigenvalue weighted by atomic mass is 32.1. The summed E-state index contributed by atoms with van der Waals surface area (Å²) in [6.45, 7) is 6.68. The Balaban J connectivity index is 1.17. The van der Waals surface area contributed by atoms with Gasteiger partial charge in [-0.05, 0) is 47.7 Å². The summed E-state index contributed by atoms with van der Waals surface area (Å²) in [6.07, 6.45) is 3.45. The van der Waals surface area contributed by atoms with Gasteiger partial charge >= 0.3 is 5.69 Å². The van der Waals surface area contributed by atoms with E-state index in [4.69, 9.17) is 5.73 Å². The van der Waals surface area contributed by atoms with Crippen molar-refractivity contribution in [1.82, 2.24) is 24.8 Å². The Kier molecular flexibility index (Phi) is 6.71. The first-order valence-corrected chi connectivity index (χ1v) is 12.7. The number of carbonyl (C=O) groups excluding carboxylic acids is 1. The number of amides is 1. The number of nitrogen functional groups attached to an aromatic ring is 1. The van der Waals surface area contributed by atoms with Crippen molar-refractivity contribution in [1.29, 1.82) is 0 Å². The molecule has 0 saturated carbocycles. The second-order valence-electron chi connectivity index (χ2n) is 9.09. The van der Waals surface area contributed by atoms with Crippen molar-refractivity contribution in [3.8, 4) is 0 Å². The van der Waals surface area contributed by atoms with E-state index in [2.05, 4.69) is 32.0 Å². The molecule has 186 valence electrons. The monoisotopic (exact) mass is 503 g/mol. The summed E-state index contributed by atoms with van der Waals surface area (Å²) in [5, 5.41) is 4.96. The van der Waals surface area contributed by atoms with Gasteiger partial charge in [0.1, 0.15) is 11.6 Å². The normalized spacial score (nSPS) is 14.3. The number of fused-ring (bicyclic) bond motifs is 1. The van der Waals surface area contributed by atoms with Crippen LogP contribution in [-0.4, -0.2) is 51.5 Å².